The summed E-state index contributed by atoms with van der Waals surface area (Å²) in [6.45, 7) is -0.314. The van der Waals surface area contributed by atoms with Crippen LogP contribution < -0.4 is 10.6 Å². The minimum Gasteiger partial charge on any atom is -0.480 e. The maximum Gasteiger partial charge on any atom is 0.326 e. The fraction of sp³-hybridized carbons (Fsp3) is 0.176. The van der Waals surface area contributed by atoms with Crippen molar-refractivity contribution in [3.05, 3.63) is 64.4 Å². The Morgan fingerprint density at radius 1 is 1.12 bits per heavy atom. The molecular weight excluding hydrogens is 390 g/mol. The van der Waals surface area contributed by atoms with Crippen LogP contribution in [0.2, 0.25) is 0 Å². The smallest absolute Gasteiger partial charge is 0.326 e. The van der Waals surface area contributed by atoms with E-state index < -0.39 is 23.8 Å². The SMILES string of the molecule is O=C(CNC(=O)c1ccccc1)N[C@H](Cc1cccnc1Br)C(=O)O. The van der Waals surface area contributed by atoms with Crippen LogP contribution in [0.5, 0.6) is 0 Å². The zero-order valence-corrected chi connectivity index (χ0v) is 14.7. The van der Waals surface area contributed by atoms with E-state index in [1.54, 1.807) is 48.7 Å². The number of carboxylic acid groups (broad SMARTS) is 1. The number of nitrogens with zero attached hydrogens (tertiary/aromatic N) is 1. The Labute approximate surface area is 152 Å². The molecule has 2 amide bonds. The van der Waals surface area contributed by atoms with Crippen LogP contribution in [0.15, 0.2) is 53.3 Å². The molecule has 1 heterocycles. The van der Waals surface area contributed by atoms with Gasteiger partial charge in [0.1, 0.15) is 10.6 Å². The highest BCUT2D eigenvalue weighted by molar-refractivity contribution is 9.10. The van der Waals surface area contributed by atoms with Crippen molar-refractivity contribution in [3.8, 4) is 0 Å². The van der Waals surface area contributed by atoms with E-state index in [1.807, 2.05) is 0 Å². The number of pyridine rings is 1. The lowest BCUT2D eigenvalue weighted by Crippen LogP contribution is -2.46. The number of benzene rings is 1. The molecule has 1 aromatic carbocycles. The Kier molecular flexibility index (Phi) is 6.64. The second-order valence-corrected chi connectivity index (χ2v) is 5.92. The fourth-order valence-electron chi connectivity index (χ4n) is 2.09. The summed E-state index contributed by atoms with van der Waals surface area (Å²) in [5, 5.41) is 14.1. The Bertz CT molecular complexity index is 767. The standard InChI is InChI=1S/C17H16BrN3O4/c18-15-12(7-4-8-19-15)9-13(17(24)25)21-14(22)10-20-16(23)11-5-2-1-3-6-11/h1-8,13H,9-10H2,(H,20,23)(H,21,22)(H,24,25)/t13-/m1/s1. The Morgan fingerprint density at radius 2 is 1.84 bits per heavy atom. The zero-order valence-electron chi connectivity index (χ0n) is 13.1. The lowest BCUT2D eigenvalue weighted by molar-refractivity contribution is -0.141. The first-order valence-corrected chi connectivity index (χ1v) is 8.21. The number of aromatic nitrogens is 1. The van der Waals surface area contributed by atoms with Crippen LogP contribution in [0.4, 0.5) is 0 Å². The van der Waals surface area contributed by atoms with Gasteiger partial charge in [-0.05, 0) is 39.7 Å². The zero-order chi connectivity index (χ0) is 18.2. The third-order valence-corrected chi connectivity index (χ3v) is 4.05. The molecule has 1 aromatic heterocycles. The number of carboxylic acids is 1. The van der Waals surface area contributed by atoms with Gasteiger partial charge in [-0.1, -0.05) is 24.3 Å². The van der Waals surface area contributed by atoms with Crippen LogP contribution in [0.25, 0.3) is 0 Å². The van der Waals surface area contributed by atoms with Crippen molar-refractivity contribution in [2.45, 2.75) is 12.5 Å². The van der Waals surface area contributed by atoms with Gasteiger partial charge in [-0.3, -0.25) is 9.59 Å². The van der Waals surface area contributed by atoms with E-state index >= 15 is 0 Å². The number of hydrogen-bond acceptors (Lipinski definition) is 4. The molecule has 0 saturated carbocycles. The van der Waals surface area contributed by atoms with E-state index in [9.17, 15) is 19.5 Å². The van der Waals surface area contributed by atoms with Gasteiger partial charge in [-0.2, -0.15) is 0 Å². The predicted molar refractivity (Wildman–Crippen MR) is 94.0 cm³/mol. The van der Waals surface area contributed by atoms with Crippen LogP contribution in [0.3, 0.4) is 0 Å². The molecule has 0 aliphatic rings. The molecule has 8 heteroatoms. The van der Waals surface area contributed by atoms with Crippen molar-refractivity contribution in [1.29, 1.82) is 0 Å². The number of rotatable bonds is 7. The van der Waals surface area contributed by atoms with E-state index in [-0.39, 0.29) is 13.0 Å². The van der Waals surface area contributed by atoms with Gasteiger partial charge < -0.3 is 15.7 Å². The Balaban J connectivity index is 1.91. The monoisotopic (exact) mass is 405 g/mol. The summed E-state index contributed by atoms with van der Waals surface area (Å²) in [4.78, 5) is 39.2. The van der Waals surface area contributed by atoms with Gasteiger partial charge >= 0.3 is 5.97 Å². The molecule has 0 spiro atoms. The van der Waals surface area contributed by atoms with E-state index in [0.717, 1.165) is 0 Å². The number of carbonyl (C=O) groups excluding carboxylic acids is 2. The van der Waals surface area contributed by atoms with Gasteiger partial charge in [-0.15, -0.1) is 0 Å². The molecular formula is C17H16BrN3O4. The van der Waals surface area contributed by atoms with Crippen LogP contribution in [0, 0.1) is 0 Å². The van der Waals surface area contributed by atoms with Gasteiger partial charge in [0, 0.05) is 18.2 Å². The Morgan fingerprint density at radius 3 is 2.48 bits per heavy atom. The quantitative estimate of drug-likeness (QED) is 0.603. The van der Waals surface area contributed by atoms with Crippen LogP contribution in [-0.2, 0) is 16.0 Å². The lowest BCUT2D eigenvalue weighted by atomic mass is 10.1. The van der Waals surface area contributed by atoms with Gasteiger partial charge in [0.05, 0.1) is 6.54 Å². The van der Waals surface area contributed by atoms with E-state index in [2.05, 4.69) is 31.5 Å². The third kappa shape index (κ3) is 5.68. The number of halogens is 1. The maximum absolute atomic E-state index is 12.0. The minimum absolute atomic E-state index is 0.0716. The largest absolute Gasteiger partial charge is 0.480 e. The van der Waals surface area contributed by atoms with Crippen LogP contribution >= 0.6 is 15.9 Å². The molecule has 3 N–H and O–H groups in total. The van der Waals surface area contributed by atoms with Crippen LogP contribution in [-0.4, -0.2) is 40.5 Å². The second-order valence-electron chi connectivity index (χ2n) is 5.16. The van der Waals surface area contributed by atoms with Crippen molar-refractivity contribution in [2.24, 2.45) is 0 Å². The first-order valence-electron chi connectivity index (χ1n) is 7.42. The van der Waals surface area contributed by atoms with Gasteiger partial charge in [0.2, 0.25) is 5.91 Å². The summed E-state index contributed by atoms with van der Waals surface area (Å²) in [5.41, 5.74) is 1.08. The molecule has 130 valence electrons. The first-order chi connectivity index (χ1) is 12.0. The topological polar surface area (TPSA) is 108 Å². The van der Waals surface area contributed by atoms with Crippen molar-refractivity contribution in [3.63, 3.8) is 0 Å². The van der Waals surface area contributed by atoms with Gasteiger partial charge in [-0.25, -0.2) is 9.78 Å². The van der Waals surface area contributed by atoms with Crippen molar-refractivity contribution < 1.29 is 19.5 Å². The van der Waals surface area contributed by atoms with E-state index in [4.69, 9.17) is 0 Å². The van der Waals surface area contributed by atoms with E-state index in [1.165, 1.54) is 0 Å². The van der Waals surface area contributed by atoms with E-state index in [0.29, 0.717) is 15.7 Å². The molecule has 2 rings (SSSR count). The summed E-state index contributed by atoms with van der Waals surface area (Å²) in [7, 11) is 0. The number of aliphatic carboxylic acids is 1. The lowest BCUT2D eigenvalue weighted by Gasteiger charge is -2.15. The molecule has 0 aliphatic heterocycles. The first kappa shape index (κ1) is 18.6. The highest BCUT2D eigenvalue weighted by Crippen LogP contribution is 2.14. The molecule has 0 fully saturated rings. The summed E-state index contributed by atoms with van der Waals surface area (Å²) in [6, 6.07) is 10.7. The predicted octanol–water partition coefficient (Wildman–Crippen LogP) is 1.39. The number of hydrogen-bond donors (Lipinski definition) is 3. The highest BCUT2D eigenvalue weighted by atomic mass is 79.9. The number of nitrogens with one attached hydrogen (secondary N) is 2. The average Bonchev–Trinajstić information content (AvgIpc) is 2.61. The molecule has 0 aliphatic carbocycles. The highest BCUT2D eigenvalue weighted by Gasteiger charge is 2.21. The van der Waals surface area contributed by atoms with Crippen molar-refractivity contribution >= 4 is 33.7 Å². The molecule has 7 nitrogen and oxygen atoms in total. The van der Waals surface area contributed by atoms with Crippen molar-refractivity contribution in [2.75, 3.05) is 6.54 Å². The summed E-state index contributed by atoms with van der Waals surface area (Å²) in [5.74, 6) is -2.16. The summed E-state index contributed by atoms with van der Waals surface area (Å²) >= 11 is 3.24. The molecule has 0 bridgehead atoms. The molecule has 25 heavy (non-hydrogen) atoms. The third-order valence-electron chi connectivity index (χ3n) is 3.34. The fourth-order valence-corrected chi connectivity index (χ4v) is 2.50. The average molecular weight is 406 g/mol. The minimum atomic E-state index is -1.17. The normalized spacial score (nSPS) is 11.4. The van der Waals surface area contributed by atoms with Crippen LogP contribution in [0.1, 0.15) is 15.9 Å². The maximum atomic E-state index is 12.0. The summed E-state index contributed by atoms with van der Waals surface area (Å²) < 4.78 is 0.521. The van der Waals surface area contributed by atoms with Gasteiger partial charge in [0.15, 0.2) is 0 Å². The number of amides is 2. The molecule has 0 radical (unpaired) electrons. The Hall–Kier alpha value is -2.74. The molecule has 0 unspecified atom stereocenters. The summed E-state index contributed by atoms with van der Waals surface area (Å²) in [6.07, 6.45) is 1.64. The molecule has 0 saturated heterocycles. The van der Waals surface area contributed by atoms with Gasteiger partial charge in [0.25, 0.3) is 5.91 Å². The second kappa shape index (κ2) is 8.93. The molecule has 1 atom stereocenters. The number of carbonyl (C=O) groups is 3. The molecule has 2 aromatic rings. The van der Waals surface area contributed by atoms with Crippen molar-refractivity contribution in [1.82, 2.24) is 15.6 Å².